The molecule has 24 heavy (non-hydrogen) atoms. The number of aryl methyl sites for hydroxylation is 3. The van der Waals surface area contributed by atoms with E-state index in [-0.39, 0.29) is 0 Å². The molecule has 2 rings (SSSR count). The molecule has 0 saturated carbocycles. The van der Waals surface area contributed by atoms with E-state index >= 15 is 0 Å². The maximum Gasteiger partial charge on any atom is -0.0230 e. The van der Waals surface area contributed by atoms with E-state index in [1.807, 2.05) is 0 Å². The van der Waals surface area contributed by atoms with Crippen LogP contribution in [0.1, 0.15) is 61.3 Å². The molecule has 1 unspecified atom stereocenters. The summed E-state index contributed by atoms with van der Waals surface area (Å²) in [5.41, 5.74) is 5.57. The van der Waals surface area contributed by atoms with Crippen LogP contribution in [0, 0.1) is 19.8 Å². The summed E-state index contributed by atoms with van der Waals surface area (Å²) in [6.07, 6.45) is 12.5. The number of benzene rings is 2. The molecule has 0 aliphatic rings. The number of hydrogen-bond donors (Lipinski definition) is 0. The molecule has 0 aliphatic heterocycles. The standard InChI is InChI=1S/C24H32/c1-20(17-18-24-16-9-8-13-22(24)3)11-6-4-5-7-14-23-15-10-12-21(2)19-23/h8-10,12-13,15-20H,4-7,11,14H2,1-3H3/b18-17+. The van der Waals surface area contributed by atoms with Crippen LogP contribution in [-0.2, 0) is 6.42 Å². The lowest BCUT2D eigenvalue weighted by Crippen LogP contribution is -1.91. The Hall–Kier alpha value is -1.82. The van der Waals surface area contributed by atoms with Gasteiger partial charge in [-0.25, -0.2) is 0 Å². The van der Waals surface area contributed by atoms with Gasteiger partial charge in [0.1, 0.15) is 0 Å². The van der Waals surface area contributed by atoms with E-state index in [1.165, 1.54) is 60.8 Å². The molecule has 0 bridgehead atoms. The van der Waals surface area contributed by atoms with E-state index in [1.54, 1.807) is 0 Å². The summed E-state index contributed by atoms with van der Waals surface area (Å²) < 4.78 is 0. The van der Waals surface area contributed by atoms with Gasteiger partial charge in [0.25, 0.3) is 0 Å². The average molecular weight is 321 g/mol. The number of unbranched alkanes of at least 4 members (excludes halogenated alkanes) is 3. The van der Waals surface area contributed by atoms with E-state index in [0.717, 1.165) is 0 Å². The van der Waals surface area contributed by atoms with Gasteiger partial charge >= 0.3 is 0 Å². The van der Waals surface area contributed by atoms with Crippen LogP contribution in [0.25, 0.3) is 6.08 Å². The van der Waals surface area contributed by atoms with Gasteiger partial charge in [0.2, 0.25) is 0 Å². The second-order valence-electron chi connectivity index (χ2n) is 7.13. The van der Waals surface area contributed by atoms with Gasteiger partial charge in [-0.3, -0.25) is 0 Å². The Morgan fingerprint density at radius 1 is 0.875 bits per heavy atom. The first-order valence-electron chi connectivity index (χ1n) is 9.44. The van der Waals surface area contributed by atoms with Gasteiger partial charge in [0, 0.05) is 0 Å². The van der Waals surface area contributed by atoms with Crippen LogP contribution in [0.4, 0.5) is 0 Å². The van der Waals surface area contributed by atoms with Crippen molar-refractivity contribution in [1.29, 1.82) is 0 Å². The molecular formula is C24H32. The molecule has 0 heteroatoms. The molecule has 0 spiro atoms. The Bertz CT molecular complexity index is 636. The summed E-state index contributed by atoms with van der Waals surface area (Å²) in [4.78, 5) is 0. The Balaban J connectivity index is 1.59. The molecule has 2 aromatic carbocycles. The summed E-state index contributed by atoms with van der Waals surface area (Å²) in [5.74, 6) is 0.668. The number of allylic oxidation sites excluding steroid dienone is 1. The van der Waals surface area contributed by atoms with E-state index in [4.69, 9.17) is 0 Å². The van der Waals surface area contributed by atoms with Crippen molar-refractivity contribution >= 4 is 6.08 Å². The topological polar surface area (TPSA) is 0 Å². The van der Waals surface area contributed by atoms with Gasteiger partial charge in [0.05, 0.1) is 0 Å². The molecule has 128 valence electrons. The Kier molecular flexibility index (Phi) is 7.82. The lowest BCUT2D eigenvalue weighted by Gasteiger charge is -2.07. The molecule has 0 aliphatic carbocycles. The van der Waals surface area contributed by atoms with Crippen molar-refractivity contribution in [3.8, 4) is 0 Å². The molecule has 0 heterocycles. The fourth-order valence-corrected chi connectivity index (χ4v) is 3.15. The van der Waals surface area contributed by atoms with Crippen molar-refractivity contribution in [3.63, 3.8) is 0 Å². The molecule has 0 saturated heterocycles. The van der Waals surface area contributed by atoms with Crippen molar-refractivity contribution in [2.75, 3.05) is 0 Å². The molecule has 0 radical (unpaired) electrons. The third-order valence-electron chi connectivity index (χ3n) is 4.75. The van der Waals surface area contributed by atoms with E-state index < -0.39 is 0 Å². The van der Waals surface area contributed by atoms with Crippen molar-refractivity contribution in [1.82, 2.24) is 0 Å². The predicted octanol–water partition coefficient (Wildman–Crippen LogP) is 7.15. The van der Waals surface area contributed by atoms with Crippen LogP contribution in [0.5, 0.6) is 0 Å². The summed E-state index contributed by atoms with van der Waals surface area (Å²) in [6.45, 7) is 6.69. The lowest BCUT2D eigenvalue weighted by molar-refractivity contribution is 0.554. The highest BCUT2D eigenvalue weighted by molar-refractivity contribution is 5.53. The summed E-state index contributed by atoms with van der Waals surface area (Å²) in [5, 5.41) is 0. The van der Waals surface area contributed by atoms with Gasteiger partial charge in [-0.2, -0.15) is 0 Å². The molecular weight excluding hydrogens is 288 g/mol. The quantitative estimate of drug-likeness (QED) is 0.430. The minimum absolute atomic E-state index is 0.668. The number of rotatable bonds is 9. The molecule has 1 atom stereocenters. The Labute approximate surface area is 148 Å². The highest BCUT2D eigenvalue weighted by Crippen LogP contribution is 2.16. The smallest absolute Gasteiger partial charge is 0.0230 e. The highest BCUT2D eigenvalue weighted by Gasteiger charge is 1.99. The predicted molar refractivity (Wildman–Crippen MR) is 107 cm³/mol. The van der Waals surface area contributed by atoms with Crippen molar-refractivity contribution < 1.29 is 0 Å². The van der Waals surface area contributed by atoms with Crippen molar-refractivity contribution in [2.45, 2.75) is 59.3 Å². The third-order valence-corrected chi connectivity index (χ3v) is 4.75. The Morgan fingerprint density at radius 3 is 2.46 bits per heavy atom. The zero-order valence-corrected chi connectivity index (χ0v) is 15.6. The van der Waals surface area contributed by atoms with Gasteiger partial charge in [-0.15, -0.1) is 0 Å². The zero-order chi connectivity index (χ0) is 17.2. The van der Waals surface area contributed by atoms with Crippen LogP contribution in [0.2, 0.25) is 0 Å². The first kappa shape index (κ1) is 18.5. The van der Waals surface area contributed by atoms with Gasteiger partial charge < -0.3 is 0 Å². The maximum atomic E-state index is 2.37. The first-order valence-corrected chi connectivity index (χ1v) is 9.44. The zero-order valence-electron chi connectivity index (χ0n) is 15.6. The van der Waals surface area contributed by atoms with E-state index in [2.05, 4.69) is 81.5 Å². The average Bonchev–Trinajstić information content (AvgIpc) is 2.57. The fourth-order valence-electron chi connectivity index (χ4n) is 3.15. The first-order chi connectivity index (χ1) is 11.6. The molecule has 2 aromatic rings. The van der Waals surface area contributed by atoms with Crippen molar-refractivity contribution in [2.24, 2.45) is 5.92 Å². The second kappa shape index (κ2) is 10.1. The summed E-state index contributed by atoms with van der Waals surface area (Å²) >= 11 is 0. The minimum atomic E-state index is 0.668. The van der Waals surface area contributed by atoms with Crippen LogP contribution < -0.4 is 0 Å². The minimum Gasteiger partial charge on any atom is -0.0811 e. The van der Waals surface area contributed by atoms with Crippen LogP contribution >= 0.6 is 0 Å². The van der Waals surface area contributed by atoms with Crippen LogP contribution in [-0.4, -0.2) is 0 Å². The van der Waals surface area contributed by atoms with Gasteiger partial charge in [0.15, 0.2) is 0 Å². The van der Waals surface area contributed by atoms with E-state index in [9.17, 15) is 0 Å². The monoisotopic (exact) mass is 320 g/mol. The van der Waals surface area contributed by atoms with Crippen LogP contribution in [0.15, 0.2) is 54.6 Å². The van der Waals surface area contributed by atoms with Gasteiger partial charge in [-0.1, -0.05) is 92.4 Å². The normalized spacial score (nSPS) is 12.6. The fraction of sp³-hybridized carbons (Fsp3) is 0.417. The largest absolute Gasteiger partial charge is 0.0811 e. The summed E-state index contributed by atoms with van der Waals surface area (Å²) in [6, 6.07) is 17.5. The van der Waals surface area contributed by atoms with Crippen molar-refractivity contribution in [3.05, 3.63) is 76.9 Å². The Morgan fingerprint density at radius 2 is 1.67 bits per heavy atom. The summed E-state index contributed by atoms with van der Waals surface area (Å²) in [7, 11) is 0. The van der Waals surface area contributed by atoms with E-state index in [0.29, 0.717) is 5.92 Å². The molecule has 0 fully saturated rings. The SMILES string of the molecule is Cc1cccc(CCCCCCC(C)/C=C/c2ccccc2C)c1. The molecule has 0 amide bonds. The maximum absolute atomic E-state index is 2.37. The molecule has 0 aromatic heterocycles. The molecule has 0 N–H and O–H groups in total. The number of hydrogen-bond acceptors (Lipinski definition) is 0. The highest BCUT2D eigenvalue weighted by atomic mass is 14.1. The third kappa shape index (κ3) is 6.74. The second-order valence-corrected chi connectivity index (χ2v) is 7.13. The van der Waals surface area contributed by atoms with Crippen LogP contribution in [0.3, 0.4) is 0 Å². The molecule has 0 nitrogen and oxygen atoms in total. The van der Waals surface area contributed by atoms with Gasteiger partial charge in [-0.05, 0) is 55.7 Å². The lowest BCUT2D eigenvalue weighted by atomic mass is 9.99.